The van der Waals surface area contributed by atoms with E-state index >= 15 is 0 Å². The summed E-state index contributed by atoms with van der Waals surface area (Å²) >= 11 is 6.25. The third-order valence-electron chi connectivity index (χ3n) is 0.0899. The molecule has 0 amide bonds. The van der Waals surface area contributed by atoms with Crippen LogP contribution in [0, 0.1) is 0 Å². The van der Waals surface area contributed by atoms with Crippen molar-refractivity contribution in [1.29, 1.82) is 0 Å². The highest BCUT2D eigenvalue weighted by atomic mass is 79.9. The van der Waals surface area contributed by atoms with Gasteiger partial charge in [0.2, 0.25) is 0 Å². The predicted octanol–water partition coefficient (Wildman–Crippen LogP) is 0.522. The fourth-order valence-corrected chi connectivity index (χ4v) is 0. The molecule has 0 aromatic rings. The van der Waals surface area contributed by atoms with E-state index in [1.807, 2.05) is 0 Å². The minimum Gasteiger partial charge on any atom is -0.324 e. The van der Waals surface area contributed by atoms with Crippen LogP contribution in [0.3, 0.4) is 0 Å². The Hall–Kier alpha value is 1.01. The van der Waals surface area contributed by atoms with Crippen molar-refractivity contribution in [1.82, 2.24) is 0 Å². The van der Waals surface area contributed by atoms with Crippen LogP contribution in [0.5, 0.6) is 0 Å². The first-order chi connectivity index (χ1) is 2.56. The molecule has 0 spiro atoms. The number of halogens is 1. The van der Waals surface area contributed by atoms with Gasteiger partial charge in [0.1, 0.15) is 16.3 Å². The molecule has 0 aliphatic rings. The van der Waals surface area contributed by atoms with E-state index in [-0.39, 0.29) is 0 Å². The molecule has 0 heterocycles. The molecule has 0 atom stereocenters. The Morgan fingerprint density at radius 2 is 1.83 bits per heavy atom. The molecule has 38 valence electrons. The number of hydrogen-bond acceptors (Lipinski definition) is 2. The van der Waals surface area contributed by atoms with Gasteiger partial charge in [-0.25, -0.2) is 3.62 Å². The first kappa shape index (κ1) is 7.01. The highest BCUT2D eigenvalue weighted by Gasteiger charge is 2.02. The normalized spacial score (nSPS) is 11.8. The van der Waals surface area contributed by atoms with Crippen LogP contribution in [-0.2, 0) is 15.4 Å². The number of hydrogen-bond donors (Lipinski definition) is 2. The Labute approximate surface area is 48.6 Å². The topological polar surface area (TPSA) is 49.7 Å². The summed E-state index contributed by atoms with van der Waals surface area (Å²) in [5.41, 5.74) is 0. The largest absolute Gasteiger partial charge is 0.333 e. The van der Waals surface area contributed by atoms with Crippen molar-refractivity contribution in [3.05, 3.63) is 0 Å². The molecular weight excluding hydrogens is 191 g/mol. The Morgan fingerprint density at radius 3 is 1.83 bits per heavy atom. The zero-order valence-electron chi connectivity index (χ0n) is 2.54. The molecule has 0 aromatic heterocycles. The average Bonchev–Trinajstić information content (AvgIpc) is 1.35. The van der Waals surface area contributed by atoms with Crippen LogP contribution in [0.2, 0.25) is 0 Å². The van der Waals surface area contributed by atoms with Crippen LogP contribution in [0.1, 0.15) is 0 Å². The van der Waals surface area contributed by atoms with Gasteiger partial charge in [0.05, 0.1) is 0 Å². The summed E-state index contributed by atoms with van der Waals surface area (Å²) in [7, 11) is 0. The molecule has 0 saturated heterocycles. The Bertz CT molecular complexity index is 74.9. The second kappa shape index (κ2) is 2.35. The third kappa shape index (κ3) is 5.01. The maximum absolute atomic E-state index is 8.04. The first-order valence-corrected chi connectivity index (χ1v) is 4.19. The lowest BCUT2D eigenvalue weighted by Gasteiger charge is -1.95. The summed E-state index contributed by atoms with van der Waals surface area (Å²) in [5, 5.41) is 0. The molecule has 0 saturated carbocycles. The van der Waals surface area contributed by atoms with Gasteiger partial charge < -0.3 is 9.79 Å². The zero-order chi connectivity index (χ0) is 5.21. The highest BCUT2D eigenvalue weighted by Crippen LogP contribution is 2.38. The van der Waals surface area contributed by atoms with E-state index in [0.717, 1.165) is 0 Å². The molecule has 0 aromatic carbocycles. The average molecular weight is 193 g/mol. The molecule has 0 fully saturated rings. The van der Waals surface area contributed by atoms with Gasteiger partial charge >= 0.3 is 6.72 Å². The molecule has 0 bridgehead atoms. The predicted molar refractivity (Wildman–Crippen MR) is 28.7 cm³/mol. The standard InChI is InChI=1S/BrH2O3PS/c1-4-5(2,3)6/h(H2,2,3,6). The Morgan fingerprint density at radius 1 is 1.67 bits per heavy atom. The van der Waals surface area contributed by atoms with Crippen LogP contribution in [0.25, 0.3) is 0 Å². The van der Waals surface area contributed by atoms with Gasteiger partial charge in [-0.05, 0) is 11.8 Å². The van der Waals surface area contributed by atoms with Gasteiger partial charge in [0, 0.05) is 0 Å². The molecule has 3 nitrogen and oxygen atoms in total. The zero-order valence-corrected chi connectivity index (χ0v) is 5.83. The van der Waals surface area contributed by atoms with Crippen LogP contribution in [0.4, 0.5) is 0 Å². The fourth-order valence-electron chi connectivity index (χ4n) is 0. The van der Waals surface area contributed by atoms with E-state index in [1.165, 1.54) is 0 Å². The van der Waals surface area contributed by atoms with Gasteiger partial charge in [-0.3, -0.25) is 0 Å². The molecular formula is H2BrO3PS. The van der Waals surface area contributed by atoms with Gasteiger partial charge in [-0.2, -0.15) is 0 Å². The van der Waals surface area contributed by atoms with E-state index in [1.54, 1.807) is 0 Å². The van der Waals surface area contributed by atoms with Gasteiger partial charge in [-0.1, -0.05) is 0 Å². The van der Waals surface area contributed by atoms with Crippen molar-refractivity contribution in [2.24, 2.45) is 0 Å². The number of rotatable bonds is 1. The first-order valence-electron chi connectivity index (χ1n) is 0.919. The summed E-state index contributed by atoms with van der Waals surface area (Å²) in [6.45, 7) is -3.40. The summed E-state index contributed by atoms with van der Waals surface area (Å²) in [6.07, 6.45) is 0. The third-order valence-corrected chi connectivity index (χ3v) is 2.28. The molecule has 6 heteroatoms. The van der Waals surface area contributed by atoms with Crippen molar-refractivity contribution >= 4 is 34.8 Å². The molecule has 0 radical (unpaired) electrons. The lowest BCUT2D eigenvalue weighted by molar-refractivity contribution is 0.400. The SMILES string of the molecule is OP(O)(=S)OBr. The van der Waals surface area contributed by atoms with Crippen molar-refractivity contribution in [3.63, 3.8) is 0 Å². The van der Waals surface area contributed by atoms with Gasteiger partial charge in [0.25, 0.3) is 0 Å². The quantitative estimate of drug-likeness (QED) is 0.596. The minimum atomic E-state index is -3.40. The van der Waals surface area contributed by atoms with E-state index in [2.05, 4.69) is 31.7 Å². The lowest BCUT2D eigenvalue weighted by Crippen LogP contribution is -1.68. The van der Waals surface area contributed by atoms with Crippen LogP contribution >= 0.6 is 23.0 Å². The summed E-state index contributed by atoms with van der Waals surface area (Å²) in [5.74, 6) is 0. The van der Waals surface area contributed by atoms with Crippen molar-refractivity contribution in [2.45, 2.75) is 0 Å². The second-order valence-corrected chi connectivity index (χ2v) is 3.97. The summed E-state index contributed by atoms with van der Waals surface area (Å²) in [4.78, 5) is 16.1. The molecule has 0 aliphatic carbocycles. The van der Waals surface area contributed by atoms with Gasteiger partial charge in [-0.15, -0.1) is 0 Å². The monoisotopic (exact) mass is 192 g/mol. The fraction of sp³-hybridized carbons (Fsp3) is 0. The smallest absolute Gasteiger partial charge is 0.324 e. The molecule has 6 heavy (non-hydrogen) atoms. The van der Waals surface area contributed by atoms with E-state index in [4.69, 9.17) is 9.79 Å². The molecule has 0 aliphatic heterocycles. The maximum Gasteiger partial charge on any atom is 0.333 e. The van der Waals surface area contributed by atoms with Crippen molar-refractivity contribution in [3.8, 4) is 0 Å². The van der Waals surface area contributed by atoms with E-state index in [0.29, 0.717) is 0 Å². The molecule has 2 N–H and O–H groups in total. The van der Waals surface area contributed by atoms with E-state index < -0.39 is 6.72 Å². The minimum absolute atomic E-state index is 2.32. The van der Waals surface area contributed by atoms with Crippen LogP contribution in [0.15, 0.2) is 0 Å². The molecule has 0 rings (SSSR count). The highest BCUT2D eigenvalue weighted by molar-refractivity contribution is 9.06. The van der Waals surface area contributed by atoms with Crippen LogP contribution in [-0.4, -0.2) is 9.79 Å². The Kier molecular flexibility index (Phi) is 2.75. The lowest BCUT2D eigenvalue weighted by atomic mass is 15.8. The molecule has 0 unspecified atom stereocenters. The summed E-state index contributed by atoms with van der Waals surface area (Å²) < 4.78 is 3.79. The second-order valence-electron chi connectivity index (χ2n) is 0.560. The van der Waals surface area contributed by atoms with Crippen LogP contribution < -0.4 is 0 Å². The van der Waals surface area contributed by atoms with Crippen molar-refractivity contribution < 1.29 is 13.4 Å². The Balaban J connectivity index is 3.48. The van der Waals surface area contributed by atoms with Crippen molar-refractivity contribution in [2.75, 3.05) is 0 Å². The maximum atomic E-state index is 8.04. The summed E-state index contributed by atoms with van der Waals surface area (Å²) in [6, 6.07) is 0. The van der Waals surface area contributed by atoms with E-state index in [9.17, 15) is 0 Å². The van der Waals surface area contributed by atoms with Gasteiger partial charge in [0.15, 0.2) is 0 Å².